The van der Waals surface area contributed by atoms with Gasteiger partial charge in [-0.1, -0.05) is 41.9 Å². The van der Waals surface area contributed by atoms with Gasteiger partial charge in [-0.25, -0.2) is 0 Å². The van der Waals surface area contributed by atoms with Gasteiger partial charge in [0.15, 0.2) is 5.11 Å². The van der Waals surface area contributed by atoms with Crippen LogP contribution in [0.5, 0.6) is 5.75 Å². The van der Waals surface area contributed by atoms with Gasteiger partial charge in [0.2, 0.25) is 5.91 Å². The lowest BCUT2D eigenvalue weighted by Gasteiger charge is -2.35. The van der Waals surface area contributed by atoms with E-state index in [1.807, 2.05) is 24.0 Å². The summed E-state index contributed by atoms with van der Waals surface area (Å²) < 4.78 is 5.49. The number of piperazine rings is 1. The Hall–Kier alpha value is -3.50. The lowest BCUT2D eigenvalue weighted by molar-refractivity contribution is -0.124. The largest absolute Gasteiger partial charge is 0.494 e. The van der Waals surface area contributed by atoms with Crippen LogP contribution in [0, 0.1) is 0 Å². The minimum absolute atomic E-state index is 0.00552. The molecule has 0 aromatic heterocycles. The van der Waals surface area contributed by atoms with Gasteiger partial charge in [-0.15, -0.1) is 0 Å². The summed E-state index contributed by atoms with van der Waals surface area (Å²) in [4.78, 5) is 35.3. The molecule has 2 fully saturated rings. The average molecular weight is 620 g/mol. The van der Waals surface area contributed by atoms with Crippen LogP contribution in [0.3, 0.4) is 0 Å². The molecule has 43 heavy (non-hydrogen) atoms. The fourth-order valence-electron chi connectivity index (χ4n) is 5.58. The Bertz CT molecular complexity index is 1380. The normalized spacial score (nSPS) is 17.9. The fourth-order valence-corrected chi connectivity index (χ4v) is 6.12. The van der Waals surface area contributed by atoms with E-state index in [1.54, 1.807) is 36.4 Å². The van der Waals surface area contributed by atoms with Gasteiger partial charge in [-0.3, -0.25) is 19.4 Å². The number of hydrogen-bond acceptors (Lipinski definition) is 6. The number of carbonyl (C=O) groups excluding carboxylic acids is 2. The van der Waals surface area contributed by atoms with E-state index in [9.17, 15) is 9.59 Å². The number of nitrogens with one attached hydrogen (secondary N) is 1. The molecule has 1 atom stereocenters. The first kappa shape index (κ1) is 30.9. The third kappa shape index (κ3) is 8.12. The van der Waals surface area contributed by atoms with Gasteiger partial charge in [0.25, 0.3) is 5.91 Å². The summed E-state index contributed by atoms with van der Waals surface area (Å²) in [5.41, 5.74) is 2.63. The summed E-state index contributed by atoms with van der Waals surface area (Å²) in [6.07, 6.45) is 0.825. The molecule has 5 rings (SSSR count). The molecule has 3 aromatic rings. The van der Waals surface area contributed by atoms with Crippen LogP contribution in [0.15, 0.2) is 78.9 Å². The van der Waals surface area contributed by atoms with Gasteiger partial charge in [0, 0.05) is 50.0 Å². The molecule has 226 valence electrons. The van der Waals surface area contributed by atoms with Gasteiger partial charge in [0.05, 0.1) is 18.7 Å². The van der Waals surface area contributed by atoms with E-state index in [4.69, 9.17) is 28.6 Å². The highest BCUT2D eigenvalue weighted by Gasteiger charge is 2.44. The fraction of sp³-hybridized carbons (Fsp3) is 0.364. The van der Waals surface area contributed by atoms with E-state index >= 15 is 0 Å². The molecule has 0 saturated carbocycles. The number of amides is 2. The Morgan fingerprint density at radius 2 is 1.60 bits per heavy atom. The topological polar surface area (TPSA) is 68.4 Å². The van der Waals surface area contributed by atoms with Crippen molar-refractivity contribution in [3.05, 3.63) is 89.4 Å². The molecule has 0 bridgehead atoms. The van der Waals surface area contributed by atoms with Gasteiger partial charge in [-0.05, 0) is 86.2 Å². The van der Waals surface area contributed by atoms with Crippen molar-refractivity contribution in [3.63, 3.8) is 0 Å². The van der Waals surface area contributed by atoms with E-state index in [1.165, 1.54) is 10.5 Å². The van der Waals surface area contributed by atoms with Crippen molar-refractivity contribution >= 4 is 52.1 Å². The molecule has 0 radical (unpaired) electrons. The molecule has 1 N–H and O–H groups in total. The zero-order chi connectivity index (χ0) is 30.2. The minimum atomic E-state index is -0.686. The smallest absolute Gasteiger partial charge is 0.256 e. The van der Waals surface area contributed by atoms with Gasteiger partial charge in [0.1, 0.15) is 11.8 Å². The van der Waals surface area contributed by atoms with E-state index in [0.717, 1.165) is 51.4 Å². The maximum Gasteiger partial charge on any atom is 0.256 e. The van der Waals surface area contributed by atoms with Crippen molar-refractivity contribution in [2.24, 2.45) is 0 Å². The Labute approximate surface area is 264 Å². The van der Waals surface area contributed by atoms with Crippen molar-refractivity contribution in [1.82, 2.24) is 14.7 Å². The molecule has 2 amide bonds. The Kier molecular flexibility index (Phi) is 10.6. The lowest BCUT2D eigenvalue weighted by Crippen LogP contribution is -2.47. The van der Waals surface area contributed by atoms with E-state index in [-0.39, 0.29) is 18.2 Å². The minimum Gasteiger partial charge on any atom is -0.494 e. The number of anilines is 2. The quantitative estimate of drug-likeness (QED) is 0.277. The van der Waals surface area contributed by atoms with Crippen molar-refractivity contribution < 1.29 is 14.3 Å². The molecule has 10 heteroatoms. The predicted octanol–water partition coefficient (Wildman–Crippen LogP) is 5.28. The Morgan fingerprint density at radius 1 is 0.930 bits per heavy atom. The summed E-state index contributed by atoms with van der Waals surface area (Å²) in [6, 6.07) is 24.1. The zero-order valence-electron chi connectivity index (χ0n) is 24.5. The second-order valence-electron chi connectivity index (χ2n) is 10.8. The standard InChI is InChI=1S/C33H38ClN5O3S/c1-2-42-29-15-11-27(12-16-29)35-31(40)23-30-32(41)39(28-13-9-26(34)10-14-28)33(43)38(30)18-6-17-36-19-21-37(22-20-36)24-25-7-4-3-5-8-25/h3-5,7-16,30H,2,6,17-24H2,1H3,(H,35,40)/t30-/m1/s1. The third-order valence-electron chi connectivity index (χ3n) is 7.82. The lowest BCUT2D eigenvalue weighted by atomic mass is 10.1. The number of hydrogen-bond donors (Lipinski definition) is 1. The molecule has 3 aromatic carbocycles. The van der Waals surface area contributed by atoms with Crippen molar-refractivity contribution in [1.29, 1.82) is 0 Å². The van der Waals surface area contributed by atoms with Gasteiger partial charge >= 0.3 is 0 Å². The van der Waals surface area contributed by atoms with Gasteiger partial charge < -0.3 is 19.9 Å². The SMILES string of the molecule is CCOc1ccc(NC(=O)C[C@@H]2C(=O)N(c3ccc(Cl)cc3)C(=S)N2CCCN2CCN(Cc3ccccc3)CC2)cc1. The van der Waals surface area contributed by atoms with Crippen molar-refractivity contribution in [3.8, 4) is 5.75 Å². The first-order valence-electron chi connectivity index (χ1n) is 14.8. The number of ether oxygens (including phenoxy) is 1. The van der Waals surface area contributed by atoms with Crippen LogP contribution in [0.25, 0.3) is 0 Å². The highest BCUT2D eigenvalue weighted by molar-refractivity contribution is 7.80. The predicted molar refractivity (Wildman–Crippen MR) is 176 cm³/mol. The number of thiocarbonyl (C=S) groups is 1. The summed E-state index contributed by atoms with van der Waals surface area (Å²) >= 11 is 11.9. The van der Waals surface area contributed by atoms with E-state index in [0.29, 0.717) is 34.7 Å². The zero-order valence-corrected chi connectivity index (χ0v) is 26.0. The molecule has 2 saturated heterocycles. The van der Waals surface area contributed by atoms with Crippen LogP contribution >= 0.6 is 23.8 Å². The van der Waals surface area contributed by atoms with Gasteiger partial charge in [-0.2, -0.15) is 0 Å². The highest BCUT2D eigenvalue weighted by Crippen LogP contribution is 2.29. The molecule has 2 aliphatic rings. The van der Waals surface area contributed by atoms with Crippen LogP contribution in [-0.2, 0) is 16.1 Å². The van der Waals surface area contributed by atoms with E-state index < -0.39 is 6.04 Å². The molecular formula is C33H38ClN5O3S. The first-order chi connectivity index (χ1) is 20.9. The number of benzene rings is 3. The summed E-state index contributed by atoms with van der Waals surface area (Å²) in [7, 11) is 0. The molecular weight excluding hydrogens is 582 g/mol. The Balaban J connectivity index is 1.19. The van der Waals surface area contributed by atoms with E-state index in [2.05, 4.69) is 45.4 Å². The molecule has 2 aliphatic heterocycles. The maximum absolute atomic E-state index is 13.7. The second kappa shape index (κ2) is 14.8. The second-order valence-corrected chi connectivity index (χ2v) is 11.6. The van der Waals surface area contributed by atoms with Crippen molar-refractivity contribution in [2.45, 2.75) is 32.4 Å². The summed E-state index contributed by atoms with van der Waals surface area (Å²) in [5.74, 6) is 0.283. The Morgan fingerprint density at radius 3 is 2.28 bits per heavy atom. The van der Waals surface area contributed by atoms with Crippen LogP contribution in [0.1, 0.15) is 25.3 Å². The molecule has 0 aliphatic carbocycles. The first-order valence-corrected chi connectivity index (χ1v) is 15.6. The number of rotatable bonds is 12. The molecule has 2 heterocycles. The average Bonchev–Trinajstić information content (AvgIpc) is 3.24. The maximum atomic E-state index is 13.7. The summed E-state index contributed by atoms with van der Waals surface area (Å²) in [5, 5.41) is 3.91. The highest BCUT2D eigenvalue weighted by atomic mass is 35.5. The summed E-state index contributed by atoms with van der Waals surface area (Å²) in [6.45, 7) is 8.99. The molecule has 0 unspecified atom stereocenters. The van der Waals surface area contributed by atoms with Crippen LogP contribution in [-0.4, -0.2) is 83.5 Å². The third-order valence-corrected chi connectivity index (χ3v) is 8.49. The monoisotopic (exact) mass is 619 g/mol. The van der Waals surface area contributed by atoms with Crippen LogP contribution in [0.2, 0.25) is 5.02 Å². The van der Waals surface area contributed by atoms with Crippen LogP contribution < -0.4 is 15.0 Å². The molecule has 0 spiro atoms. The number of carbonyl (C=O) groups is 2. The number of nitrogens with zero attached hydrogens (tertiary/aromatic N) is 4. The number of halogens is 1. The van der Waals surface area contributed by atoms with Crippen LogP contribution in [0.4, 0.5) is 11.4 Å². The molecule has 8 nitrogen and oxygen atoms in total. The van der Waals surface area contributed by atoms with Crippen molar-refractivity contribution in [2.75, 3.05) is 56.1 Å².